The molecular weight excluding hydrogens is 606 g/mol. The Bertz CT molecular complexity index is 1840. The summed E-state index contributed by atoms with van der Waals surface area (Å²) in [6.45, 7) is 0.459. The number of nitrogens with zero attached hydrogens (tertiary/aromatic N) is 5. The monoisotopic (exact) mass is 640 g/mol. The molecule has 1 saturated carbocycles. The van der Waals surface area contributed by atoms with E-state index >= 15 is 4.39 Å². The summed E-state index contributed by atoms with van der Waals surface area (Å²) < 4.78 is 36.1. The van der Waals surface area contributed by atoms with E-state index in [1.807, 2.05) is 30.3 Å². The van der Waals surface area contributed by atoms with Gasteiger partial charge in [0.2, 0.25) is 11.8 Å². The standard InChI is InChI=1S/C35H34F2N6O4/c36-25-6-8-27(9-7-25)47-31-30(38)33(45)43(23-41-31)22-35(46)14-18-42(19-15-35)32(44)28-11-13-34(37,12-10-26-21-39-16-17-40-26)20-29(28)24-4-2-1-3-5-24/h1-9,16-17,21,23,28-29,46H,11,13-15,18-20,22,38H2/t28-,29?,34+/m1/s1. The van der Waals surface area contributed by atoms with E-state index in [0.29, 0.717) is 12.1 Å². The van der Waals surface area contributed by atoms with Gasteiger partial charge in [-0.3, -0.25) is 19.1 Å². The second-order valence-corrected chi connectivity index (χ2v) is 12.2. The first-order chi connectivity index (χ1) is 22.6. The van der Waals surface area contributed by atoms with Gasteiger partial charge in [-0.05, 0) is 67.4 Å². The number of carbonyl (C=O) groups is 1. The van der Waals surface area contributed by atoms with Crippen molar-refractivity contribution in [2.75, 3.05) is 18.8 Å². The maximum atomic E-state index is 16.1. The lowest BCUT2D eigenvalue weighted by Crippen LogP contribution is -2.52. The van der Waals surface area contributed by atoms with Crippen LogP contribution in [0, 0.1) is 23.6 Å². The van der Waals surface area contributed by atoms with Gasteiger partial charge in [0.05, 0.1) is 18.3 Å². The molecule has 3 heterocycles. The quantitative estimate of drug-likeness (QED) is 0.299. The minimum Gasteiger partial charge on any atom is -0.437 e. The van der Waals surface area contributed by atoms with Crippen molar-refractivity contribution < 1.29 is 23.4 Å². The number of hydrogen-bond donors (Lipinski definition) is 2. The lowest BCUT2D eigenvalue weighted by Gasteiger charge is -2.43. The fraction of sp³-hybridized carbons (Fsp3) is 0.343. The van der Waals surface area contributed by atoms with Gasteiger partial charge in [0.15, 0.2) is 11.4 Å². The number of amides is 1. The van der Waals surface area contributed by atoms with Crippen LogP contribution in [0.25, 0.3) is 0 Å². The Morgan fingerprint density at radius 1 is 1.06 bits per heavy atom. The summed E-state index contributed by atoms with van der Waals surface area (Å²) in [5.41, 5.74) is 3.35. The lowest BCUT2D eigenvalue weighted by molar-refractivity contribution is -0.142. The third-order valence-electron chi connectivity index (χ3n) is 8.94. The second kappa shape index (κ2) is 13.3. The maximum Gasteiger partial charge on any atom is 0.280 e. The number of likely N-dealkylation sites (tertiary alicyclic amines) is 1. The molecule has 0 spiro atoms. The third kappa shape index (κ3) is 7.31. The van der Waals surface area contributed by atoms with Crippen molar-refractivity contribution in [3.63, 3.8) is 0 Å². The zero-order chi connectivity index (χ0) is 33.0. The first-order valence-corrected chi connectivity index (χ1v) is 15.4. The molecule has 1 aliphatic carbocycles. The Labute approximate surface area is 270 Å². The van der Waals surface area contributed by atoms with E-state index in [0.717, 1.165) is 5.56 Å². The molecule has 10 nitrogen and oxygen atoms in total. The SMILES string of the molecule is Nc1c(Oc2ccc(F)cc2)ncn(CC2(O)CCN(C(=O)[C@@H]3CC[C@@](F)(C#Cc4cnccn4)CC3c3ccccc3)CC2)c1=O. The zero-order valence-corrected chi connectivity index (χ0v) is 25.6. The van der Waals surface area contributed by atoms with Crippen molar-refractivity contribution in [1.82, 2.24) is 24.4 Å². The first kappa shape index (κ1) is 31.8. The van der Waals surface area contributed by atoms with E-state index in [1.165, 1.54) is 53.8 Å². The molecule has 1 amide bonds. The van der Waals surface area contributed by atoms with E-state index < -0.39 is 28.6 Å². The number of nitrogen functional groups attached to an aromatic ring is 1. The molecule has 1 unspecified atom stereocenters. The van der Waals surface area contributed by atoms with Crippen molar-refractivity contribution in [3.8, 4) is 23.5 Å². The fourth-order valence-electron chi connectivity index (χ4n) is 6.33. The summed E-state index contributed by atoms with van der Waals surface area (Å²) in [6.07, 6.45) is 6.69. The number of benzene rings is 2. The van der Waals surface area contributed by atoms with Crippen LogP contribution >= 0.6 is 0 Å². The fourth-order valence-corrected chi connectivity index (χ4v) is 6.33. The maximum absolute atomic E-state index is 16.1. The van der Waals surface area contributed by atoms with Gasteiger partial charge >= 0.3 is 0 Å². The molecule has 242 valence electrons. The van der Waals surface area contributed by atoms with Crippen molar-refractivity contribution in [1.29, 1.82) is 0 Å². The van der Waals surface area contributed by atoms with Gasteiger partial charge in [-0.1, -0.05) is 36.3 Å². The Balaban J connectivity index is 1.12. The molecule has 2 aromatic heterocycles. The highest BCUT2D eigenvalue weighted by Crippen LogP contribution is 2.45. The minimum absolute atomic E-state index is 0.0661. The summed E-state index contributed by atoms with van der Waals surface area (Å²) in [6, 6.07) is 14.7. The van der Waals surface area contributed by atoms with Crippen molar-refractivity contribution in [2.24, 2.45) is 5.92 Å². The van der Waals surface area contributed by atoms with E-state index in [1.54, 1.807) is 4.90 Å². The van der Waals surface area contributed by atoms with Crippen LogP contribution in [0.4, 0.5) is 14.5 Å². The molecule has 6 rings (SSSR count). The van der Waals surface area contributed by atoms with Gasteiger partial charge < -0.3 is 20.5 Å². The van der Waals surface area contributed by atoms with Gasteiger partial charge in [-0.25, -0.2) is 18.7 Å². The number of carbonyl (C=O) groups excluding carboxylic acids is 1. The van der Waals surface area contributed by atoms with E-state index in [2.05, 4.69) is 26.8 Å². The molecule has 4 aromatic rings. The Morgan fingerprint density at radius 3 is 2.51 bits per heavy atom. The number of nitrogens with two attached hydrogens (primary N) is 1. The predicted molar refractivity (Wildman–Crippen MR) is 169 cm³/mol. The Morgan fingerprint density at radius 2 is 1.81 bits per heavy atom. The van der Waals surface area contributed by atoms with Crippen LogP contribution in [-0.2, 0) is 11.3 Å². The summed E-state index contributed by atoms with van der Waals surface area (Å²) in [7, 11) is 0. The predicted octanol–water partition coefficient (Wildman–Crippen LogP) is 4.24. The van der Waals surface area contributed by atoms with Crippen LogP contribution in [0.5, 0.6) is 11.6 Å². The average molecular weight is 641 g/mol. The highest BCUT2D eigenvalue weighted by molar-refractivity contribution is 5.80. The van der Waals surface area contributed by atoms with Crippen LogP contribution in [-0.4, -0.2) is 59.8 Å². The second-order valence-electron chi connectivity index (χ2n) is 12.2. The molecule has 2 aliphatic rings. The summed E-state index contributed by atoms with van der Waals surface area (Å²) in [4.78, 5) is 40.9. The largest absolute Gasteiger partial charge is 0.437 e. The van der Waals surface area contributed by atoms with Crippen molar-refractivity contribution in [2.45, 2.75) is 55.8 Å². The van der Waals surface area contributed by atoms with Crippen LogP contribution in [0.3, 0.4) is 0 Å². The molecule has 2 aromatic carbocycles. The highest BCUT2D eigenvalue weighted by Gasteiger charge is 2.46. The number of aliphatic hydroxyl groups is 1. The zero-order valence-electron chi connectivity index (χ0n) is 25.6. The van der Waals surface area contributed by atoms with Gasteiger partial charge in [0, 0.05) is 37.8 Å². The van der Waals surface area contributed by atoms with Crippen molar-refractivity contribution >= 4 is 11.6 Å². The number of alkyl halides is 1. The first-order valence-electron chi connectivity index (χ1n) is 15.4. The van der Waals surface area contributed by atoms with Crippen LogP contribution in [0.2, 0.25) is 0 Å². The molecule has 0 bridgehead atoms. The number of aromatic nitrogens is 4. The number of anilines is 1. The molecule has 12 heteroatoms. The lowest BCUT2D eigenvalue weighted by atomic mass is 9.69. The molecule has 3 atom stereocenters. The normalized spacial score (nSPS) is 22.1. The number of halogens is 2. The van der Waals surface area contributed by atoms with Crippen molar-refractivity contribution in [3.05, 3.63) is 107 Å². The summed E-state index contributed by atoms with van der Waals surface area (Å²) >= 11 is 0. The molecule has 2 fully saturated rings. The van der Waals surface area contributed by atoms with Crippen LogP contribution in [0.1, 0.15) is 49.3 Å². The Kier molecular flexibility index (Phi) is 9.00. The molecule has 1 aliphatic heterocycles. The van der Waals surface area contributed by atoms with Crippen LogP contribution < -0.4 is 16.0 Å². The number of hydrogen-bond acceptors (Lipinski definition) is 8. The van der Waals surface area contributed by atoms with Crippen LogP contribution in [0.15, 0.2) is 84.3 Å². The van der Waals surface area contributed by atoms with Gasteiger partial charge in [-0.2, -0.15) is 0 Å². The molecule has 1 saturated heterocycles. The summed E-state index contributed by atoms with van der Waals surface area (Å²) in [5.74, 6) is 4.36. The van der Waals surface area contributed by atoms with E-state index in [-0.39, 0.29) is 74.5 Å². The number of piperidine rings is 1. The van der Waals surface area contributed by atoms with E-state index in [9.17, 15) is 19.1 Å². The minimum atomic E-state index is -1.79. The summed E-state index contributed by atoms with van der Waals surface area (Å²) in [5, 5.41) is 11.4. The topological polar surface area (TPSA) is 136 Å². The van der Waals surface area contributed by atoms with Gasteiger partial charge in [0.1, 0.15) is 23.6 Å². The Hall–Kier alpha value is -5.15. The number of ether oxygens (including phenoxy) is 1. The highest BCUT2D eigenvalue weighted by atomic mass is 19.1. The molecular formula is C35H34F2N6O4. The number of rotatable bonds is 6. The van der Waals surface area contributed by atoms with Gasteiger partial charge in [-0.15, -0.1) is 0 Å². The molecule has 47 heavy (non-hydrogen) atoms. The van der Waals surface area contributed by atoms with E-state index in [4.69, 9.17) is 10.5 Å². The molecule has 3 N–H and O–H groups in total. The molecule has 0 radical (unpaired) electrons. The third-order valence-corrected chi connectivity index (χ3v) is 8.94. The average Bonchev–Trinajstić information content (AvgIpc) is 3.09. The smallest absolute Gasteiger partial charge is 0.280 e. The van der Waals surface area contributed by atoms with Gasteiger partial charge in [0.25, 0.3) is 5.56 Å².